The van der Waals surface area contributed by atoms with Gasteiger partial charge in [-0.2, -0.15) is 0 Å². The molecule has 66 valence electrons. The van der Waals surface area contributed by atoms with Crippen LogP contribution in [0.15, 0.2) is 0 Å². The zero-order valence-electron chi connectivity index (χ0n) is 6.46. The predicted octanol–water partition coefficient (Wildman–Crippen LogP) is 1.32. The fraction of sp³-hybridized carbons (Fsp3) is 1.00. The normalized spacial score (nSPS) is 19.4. The Labute approximate surface area is 95.4 Å². The lowest BCUT2D eigenvalue weighted by molar-refractivity contribution is -0.0282. The van der Waals surface area contributed by atoms with Gasteiger partial charge in [-0.3, -0.25) is 0 Å². The summed E-state index contributed by atoms with van der Waals surface area (Å²) >= 11 is 4.68. The monoisotopic (exact) mass is 382 g/mol. The molecule has 0 aromatic rings. The van der Waals surface area contributed by atoms with Gasteiger partial charge in [-0.1, -0.05) is 0 Å². The Kier molecular flexibility index (Phi) is 4.88. The summed E-state index contributed by atoms with van der Waals surface area (Å²) in [5.74, 6) is 0. The molecule has 1 heterocycles. The summed E-state index contributed by atoms with van der Waals surface area (Å²) in [4.78, 5) is 0. The average Bonchev–Trinajstić information content (AvgIpc) is 1.79. The first-order valence-corrected chi connectivity index (χ1v) is 5.50. The molecule has 0 aliphatic carbocycles. The first-order chi connectivity index (χ1) is 5.20. The van der Waals surface area contributed by atoms with E-state index in [4.69, 9.17) is 4.74 Å². The SMILES string of the molecule is CN(I)CCN(I)C1COC1. The van der Waals surface area contributed by atoms with Gasteiger partial charge in [0, 0.05) is 58.8 Å². The summed E-state index contributed by atoms with van der Waals surface area (Å²) in [5.41, 5.74) is 0. The van der Waals surface area contributed by atoms with Gasteiger partial charge < -0.3 is 4.74 Å². The summed E-state index contributed by atoms with van der Waals surface area (Å²) in [7, 11) is 2.09. The topological polar surface area (TPSA) is 15.7 Å². The summed E-state index contributed by atoms with van der Waals surface area (Å²) in [6, 6.07) is 0.659. The van der Waals surface area contributed by atoms with Crippen LogP contribution in [0, 0.1) is 0 Å². The summed E-state index contributed by atoms with van der Waals surface area (Å²) in [6.45, 7) is 4.05. The van der Waals surface area contributed by atoms with Gasteiger partial charge in [0.2, 0.25) is 0 Å². The predicted molar refractivity (Wildman–Crippen MR) is 62.0 cm³/mol. The minimum atomic E-state index is 0.659. The molecule has 1 fully saturated rings. The van der Waals surface area contributed by atoms with Crippen LogP contribution in [0.25, 0.3) is 0 Å². The third-order valence-electron chi connectivity index (χ3n) is 1.64. The number of halogens is 2. The van der Waals surface area contributed by atoms with Crippen LogP contribution in [0.2, 0.25) is 0 Å². The molecule has 0 spiro atoms. The number of hydrogen-bond donors (Lipinski definition) is 0. The van der Waals surface area contributed by atoms with Gasteiger partial charge in [0.25, 0.3) is 0 Å². The molecule has 0 aromatic carbocycles. The van der Waals surface area contributed by atoms with Crippen LogP contribution in [0.3, 0.4) is 0 Å². The van der Waals surface area contributed by atoms with Crippen LogP contribution in [-0.2, 0) is 4.74 Å². The van der Waals surface area contributed by atoms with Crippen molar-refractivity contribution in [2.75, 3.05) is 33.4 Å². The highest BCUT2D eigenvalue weighted by molar-refractivity contribution is 14.1. The Morgan fingerprint density at radius 1 is 1.36 bits per heavy atom. The number of rotatable bonds is 4. The van der Waals surface area contributed by atoms with Crippen LogP contribution in [0.5, 0.6) is 0 Å². The molecular formula is C6H12I2N2O. The largest absolute Gasteiger partial charge is 0.378 e. The fourth-order valence-corrected chi connectivity index (χ4v) is 1.55. The van der Waals surface area contributed by atoms with E-state index in [-0.39, 0.29) is 0 Å². The molecule has 0 radical (unpaired) electrons. The zero-order valence-corrected chi connectivity index (χ0v) is 10.8. The molecule has 3 nitrogen and oxygen atoms in total. The minimum Gasteiger partial charge on any atom is -0.378 e. The van der Waals surface area contributed by atoms with E-state index in [1.807, 2.05) is 0 Å². The molecule has 0 saturated carbocycles. The minimum absolute atomic E-state index is 0.659. The Morgan fingerprint density at radius 3 is 2.36 bits per heavy atom. The average molecular weight is 382 g/mol. The Morgan fingerprint density at radius 2 is 2.00 bits per heavy atom. The van der Waals surface area contributed by atoms with E-state index in [9.17, 15) is 0 Å². The molecule has 0 unspecified atom stereocenters. The first kappa shape index (κ1) is 10.4. The second-order valence-electron chi connectivity index (χ2n) is 2.64. The molecule has 5 heteroatoms. The Balaban J connectivity index is 2.05. The van der Waals surface area contributed by atoms with Crippen LogP contribution >= 0.6 is 45.7 Å². The van der Waals surface area contributed by atoms with Gasteiger partial charge in [-0.15, -0.1) is 0 Å². The van der Waals surface area contributed by atoms with Crippen molar-refractivity contribution in [1.82, 2.24) is 6.23 Å². The first-order valence-electron chi connectivity index (χ1n) is 3.57. The highest BCUT2D eigenvalue weighted by Crippen LogP contribution is 2.14. The lowest BCUT2D eigenvalue weighted by Crippen LogP contribution is -2.45. The van der Waals surface area contributed by atoms with Crippen LogP contribution < -0.4 is 0 Å². The molecule has 0 N–H and O–H groups in total. The molecule has 0 bridgehead atoms. The lowest BCUT2D eigenvalue weighted by Gasteiger charge is -2.33. The maximum atomic E-state index is 5.10. The summed E-state index contributed by atoms with van der Waals surface area (Å²) in [6.07, 6.45) is 0. The van der Waals surface area contributed by atoms with Gasteiger partial charge >= 0.3 is 0 Å². The number of hydrogen-bond acceptors (Lipinski definition) is 3. The fourth-order valence-electron chi connectivity index (χ4n) is 0.801. The van der Waals surface area contributed by atoms with Gasteiger partial charge in [-0.05, 0) is 7.05 Å². The van der Waals surface area contributed by atoms with Crippen molar-refractivity contribution >= 4 is 45.7 Å². The maximum absolute atomic E-state index is 5.10. The summed E-state index contributed by atoms with van der Waals surface area (Å²) < 4.78 is 9.60. The highest BCUT2D eigenvalue weighted by Gasteiger charge is 2.23. The van der Waals surface area contributed by atoms with E-state index in [1.54, 1.807) is 0 Å². The van der Waals surface area contributed by atoms with Gasteiger partial charge in [0.1, 0.15) is 0 Å². The lowest BCUT2D eigenvalue weighted by atomic mass is 10.2. The zero-order chi connectivity index (χ0) is 8.27. The van der Waals surface area contributed by atoms with E-state index in [0.29, 0.717) is 6.04 Å². The second-order valence-corrected chi connectivity index (χ2v) is 5.53. The quantitative estimate of drug-likeness (QED) is 0.539. The Hall–Kier alpha value is 1.34. The van der Waals surface area contributed by atoms with Crippen LogP contribution in [0.1, 0.15) is 0 Å². The van der Waals surface area contributed by atoms with Crippen molar-refractivity contribution in [2.45, 2.75) is 6.04 Å². The van der Waals surface area contributed by atoms with Crippen LogP contribution in [-0.4, -0.2) is 45.6 Å². The smallest absolute Gasteiger partial charge is 0.0662 e. The molecule has 0 atom stereocenters. The maximum Gasteiger partial charge on any atom is 0.0662 e. The van der Waals surface area contributed by atoms with Gasteiger partial charge in [-0.25, -0.2) is 6.23 Å². The molecular weight excluding hydrogens is 370 g/mol. The number of ether oxygens (including phenoxy) is 1. The van der Waals surface area contributed by atoms with Crippen LogP contribution in [0.4, 0.5) is 0 Å². The van der Waals surface area contributed by atoms with E-state index in [2.05, 4.69) is 59.0 Å². The van der Waals surface area contributed by atoms with Crippen molar-refractivity contribution in [1.29, 1.82) is 0 Å². The highest BCUT2D eigenvalue weighted by atomic mass is 127. The van der Waals surface area contributed by atoms with E-state index in [0.717, 1.165) is 26.3 Å². The third kappa shape index (κ3) is 3.71. The molecule has 0 amide bonds. The van der Waals surface area contributed by atoms with Gasteiger partial charge in [0.15, 0.2) is 0 Å². The summed E-state index contributed by atoms with van der Waals surface area (Å²) in [5, 5.41) is 0. The third-order valence-corrected chi connectivity index (χ3v) is 3.39. The van der Waals surface area contributed by atoms with E-state index < -0.39 is 0 Å². The standard InChI is InChI=1S/C6H12I2N2O/c1-9(7)2-3-10(8)6-4-11-5-6/h6H,2-5H2,1H3. The molecule has 11 heavy (non-hydrogen) atoms. The van der Waals surface area contributed by atoms with Crippen molar-refractivity contribution in [3.8, 4) is 0 Å². The number of likely N-dealkylation sites (N-methyl/N-ethyl adjacent to an activating group) is 1. The number of nitrogens with zero attached hydrogens (tertiary/aromatic N) is 2. The van der Waals surface area contributed by atoms with Gasteiger partial charge in [0.05, 0.1) is 19.3 Å². The van der Waals surface area contributed by atoms with Crippen molar-refractivity contribution in [3.63, 3.8) is 0 Å². The molecule has 1 aliphatic rings. The van der Waals surface area contributed by atoms with Crippen molar-refractivity contribution in [2.24, 2.45) is 0 Å². The molecule has 1 aliphatic heterocycles. The van der Waals surface area contributed by atoms with Crippen molar-refractivity contribution < 1.29 is 4.74 Å². The molecule has 1 rings (SSSR count). The molecule has 1 saturated heterocycles. The Bertz CT molecular complexity index is 119. The van der Waals surface area contributed by atoms with E-state index in [1.165, 1.54) is 0 Å². The van der Waals surface area contributed by atoms with E-state index >= 15 is 0 Å². The molecule has 0 aromatic heterocycles. The second kappa shape index (κ2) is 5.15. The van der Waals surface area contributed by atoms with Crippen molar-refractivity contribution in [3.05, 3.63) is 0 Å².